The molecule has 2 heterocycles. The Labute approximate surface area is 184 Å². The van der Waals surface area contributed by atoms with Crippen LogP contribution >= 0.6 is 0 Å². The number of nitrogens with zero attached hydrogens (tertiary/aromatic N) is 4. The van der Waals surface area contributed by atoms with Crippen molar-refractivity contribution >= 4 is 5.96 Å². The second-order valence-electron chi connectivity index (χ2n) is 8.63. The van der Waals surface area contributed by atoms with Gasteiger partial charge in [0.15, 0.2) is 5.96 Å². The van der Waals surface area contributed by atoms with Gasteiger partial charge in [0.25, 0.3) is 0 Å². The topological polar surface area (TPSA) is 57.5 Å². The van der Waals surface area contributed by atoms with Crippen LogP contribution in [0.3, 0.4) is 0 Å². The van der Waals surface area contributed by atoms with E-state index in [2.05, 4.69) is 27.6 Å². The molecule has 1 saturated heterocycles. The molecule has 1 aliphatic carbocycles. The lowest BCUT2D eigenvalue weighted by atomic mass is 10.0. The van der Waals surface area contributed by atoms with E-state index < -0.39 is 0 Å². The van der Waals surface area contributed by atoms with Gasteiger partial charge < -0.3 is 15.5 Å². The van der Waals surface area contributed by atoms with Crippen molar-refractivity contribution in [2.75, 3.05) is 26.2 Å². The van der Waals surface area contributed by atoms with Crippen molar-refractivity contribution in [2.45, 2.75) is 64.0 Å². The number of guanidine groups is 1. The number of likely N-dealkylation sites (tertiary alicyclic amines) is 1. The lowest BCUT2D eigenvalue weighted by molar-refractivity contribution is 0.150. The molecule has 0 unspecified atom stereocenters. The molecule has 1 aromatic carbocycles. The summed E-state index contributed by atoms with van der Waals surface area (Å²) in [5.41, 5.74) is 1.84. The molecule has 2 aromatic rings. The fourth-order valence-electron chi connectivity index (χ4n) is 4.71. The highest BCUT2D eigenvalue weighted by molar-refractivity contribution is 5.80. The summed E-state index contributed by atoms with van der Waals surface area (Å²) in [6.45, 7) is 6.03. The Bertz CT molecular complexity index is 832. The van der Waals surface area contributed by atoms with Crippen LogP contribution in [0.25, 0.3) is 5.69 Å². The fourth-order valence-corrected chi connectivity index (χ4v) is 4.71. The molecule has 1 aliphatic heterocycles. The number of hydrogen-bond acceptors (Lipinski definition) is 3. The molecule has 2 aliphatic rings. The van der Waals surface area contributed by atoms with E-state index in [1.54, 1.807) is 16.8 Å². The number of nitrogens with one attached hydrogen (secondary N) is 2. The van der Waals surface area contributed by atoms with E-state index >= 15 is 0 Å². The molecule has 6 nitrogen and oxygen atoms in total. The quantitative estimate of drug-likeness (QED) is 0.525. The highest BCUT2D eigenvalue weighted by Crippen LogP contribution is 2.26. The molecule has 0 bridgehead atoms. The van der Waals surface area contributed by atoms with Gasteiger partial charge in [0.05, 0.1) is 11.4 Å². The highest BCUT2D eigenvalue weighted by atomic mass is 19.1. The van der Waals surface area contributed by atoms with Gasteiger partial charge in [0.1, 0.15) is 5.82 Å². The van der Waals surface area contributed by atoms with Crippen LogP contribution in [0.4, 0.5) is 4.39 Å². The summed E-state index contributed by atoms with van der Waals surface area (Å²) >= 11 is 0. The van der Waals surface area contributed by atoms with E-state index in [0.717, 1.165) is 36.3 Å². The van der Waals surface area contributed by atoms with E-state index in [9.17, 15) is 4.39 Å². The van der Waals surface area contributed by atoms with Gasteiger partial charge in [0.2, 0.25) is 0 Å². The Morgan fingerprint density at radius 2 is 1.84 bits per heavy atom. The van der Waals surface area contributed by atoms with Crippen LogP contribution in [0.5, 0.6) is 0 Å². The molecule has 4 rings (SSSR count). The van der Waals surface area contributed by atoms with Crippen LogP contribution in [0.1, 0.15) is 51.1 Å². The first-order valence-electron chi connectivity index (χ1n) is 11.8. The summed E-state index contributed by atoms with van der Waals surface area (Å²) in [4.78, 5) is 7.48. The number of rotatable bonds is 7. The van der Waals surface area contributed by atoms with Gasteiger partial charge in [0, 0.05) is 50.9 Å². The molecule has 7 heteroatoms. The zero-order valence-corrected chi connectivity index (χ0v) is 18.6. The lowest BCUT2D eigenvalue weighted by Crippen LogP contribution is -2.50. The van der Waals surface area contributed by atoms with Gasteiger partial charge in [-0.1, -0.05) is 12.8 Å². The summed E-state index contributed by atoms with van der Waals surface area (Å²) in [5.74, 6) is 0.665. The molecule has 168 valence electrons. The van der Waals surface area contributed by atoms with Crippen molar-refractivity contribution in [2.24, 2.45) is 4.99 Å². The Morgan fingerprint density at radius 1 is 1.10 bits per heavy atom. The maximum absolute atomic E-state index is 13.1. The van der Waals surface area contributed by atoms with E-state index in [-0.39, 0.29) is 5.82 Å². The number of aromatic nitrogens is 2. The summed E-state index contributed by atoms with van der Waals surface area (Å²) in [7, 11) is 0. The van der Waals surface area contributed by atoms with Crippen molar-refractivity contribution in [1.82, 2.24) is 25.3 Å². The maximum atomic E-state index is 13.1. The van der Waals surface area contributed by atoms with Crippen LogP contribution in [0, 0.1) is 5.82 Å². The minimum absolute atomic E-state index is 0.238. The normalized spacial score (nSPS) is 19.1. The van der Waals surface area contributed by atoms with Crippen molar-refractivity contribution in [1.29, 1.82) is 0 Å². The van der Waals surface area contributed by atoms with Crippen molar-refractivity contribution in [3.63, 3.8) is 0 Å². The van der Waals surface area contributed by atoms with E-state index in [0.29, 0.717) is 12.6 Å². The molecule has 0 atom stereocenters. The number of piperidine rings is 1. The molecule has 0 spiro atoms. The van der Waals surface area contributed by atoms with Crippen LogP contribution in [-0.4, -0.2) is 58.9 Å². The zero-order chi connectivity index (χ0) is 21.5. The predicted octanol–water partition coefficient (Wildman–Crippen LogP) is 3.52. The predicted molar refractivity (Wildman–Crippen MR) is 123 cm³/mol. The first-order chi connectivity index (χ1) is 15.2. The molecule has 31 heavy (non-hydrogen) atoms. The summed E-state index contributed by atoms with van der Waals surface area (Å²) in [5, 5.41) is 11.6. The Balaban J connectivity index is 1.26. The van der Waals surface area contributed by atoms with Crippen LogP contribution in [0.15, 0.2) is 41.5 Å². The molecule has 0 amide bonds. The van der Waals surface area contributed by atoms with Gasteiger partial charge >= 0.3 is 0 Å². The molecule has 1 saturated carbocycles. The van der Waals surface area contributed by atoms with Gasteiger partial charge in [-0.15, -0.1) is 0 Å². The molecular weight excluding hydrogens is 391 g/mol. The Kier molecular flexibility index (Phi) is 7.57. The Hall–Kier alpha value is -2.41. The summed E-state index contributed by atoms with van der Waals surface area (Å²) < 4.78 is 14.9. The molecule has 1 aromatic heterocycles. The fraction of sp³-hybridized carbons (Fsp3) is 0.583. The van der Waals surface area contributed by atoms with Crippen LogP contribution in [-0.2, 0) is 6.42 Å². The minimum Gasteiger partial charge on any atom is -0.357 e. The summed E-state index contributed by atoms with van der Waals surface area (Å²) in [6, 6.07) is 9.69. The second kappa shape index (κ2) is 10.8. The third kappa shape index (κ3) is 6.06. The lowest BCUT2D eigenvalue weighted by Gasteiger charge is -2.36. The van der Waals surface area contributed by atoms with Crippen molar-refractivity contribution in [3.05, 3.63) is 48.0 Å². The molecular formula is C24H35FN6. The SMILES string of the molecule is CCNC(=NCCc1ccn(-c2ccc(F)cc2)n1)NC1CCN(C2CCCC2)CC1. The second-order valence-corrected chi connectivity index (χ2v) is 8.63. The maximum Gasteiger partial charge on any atom is 0.191 e. The first-order valence-corrected chi connectivity index (χ1v) is 11.8. The van der Waals surface area contributed by atoms with Crippen LogP contribution in [0.2, 0.25) is 0 Å². The van der Waals surface area contributed by atoms with Gasteiger partial charge in [-0.2, -0.15) is 5.10 Å². The number of benzene rings is 1. The van der Waals surface area contributed by atoms with Crippen molar-refractivity contribution in [3.8, 4) is 5.69 Å². The summed E-state index contributed by atoms with van der Waals surface area (Å²) in [6.07, 6.45) is 10.6. The molecule has 0 radical (unpaired) electrons. The monoisotopic (exact) mass is 426 g/mol. The average molecular weight is 427 g/mol. The van der Waals surface area contributed by atoms with Gasteiger partial charge in [-0.05, 0) is 62.9 Å². The molecule has 2 N–H and O–H groups in total. The minimum atomic E-state index is -0.238. The third-order valence-corrected chi connectivity index (χ3v) is 6.43. The zero-order valence-electron chi connectivity index (χ0n) is 18.6. The molecule has 2 fully saturated rings. The van der Waals surface area contributed by atoms with E-state index in [1.807, 2.05) is 12.3 Å². The van der Waals surface area contributed by atoms with E-state index in [4.69, 9.17) is 4.99 Å². The van der Waals surface area contributed by atoms with E-state index in [1.165, 1.54) is 63.7 Å². The smallest absolute Gasteiger partial charge is 0.191 e. The highest BCUT2D eigenvalue weighted by Gasteiger charge is 2.27. The number of aliphatic imine (C=N–C) groups is 1. The third-order valence-electron chi connectivity index (χ3n) is 6.43. The average Bonchev–Trinajstić information content (AvgIpc) is 3.48. The van der Waals surface area contributed by atoms with Crippen molar-refractivity contribution < 1.29 is 4.39 Å². The number of hydrogen-bond donors (Lipinski definition) is 2. The standard InChI is InChI=1S/C24H35FN6/c1-2-26-24(28-20-12-16-30(17-13-20)22-5-3-4-6-22)27-15-11-21-14-18-31(29-21)23-9-7-19(25)8-10-23/h7-10,14,18,20,22H,2-6,11-13,15-17H2,1H3,(H2,26,27,28). The van der Waals surface area contributed by atoms with Gasteiger partial charge in [-0.25, -0.2) is 9.07 Å². The van der Waals surface area contributed by atoms with Gasteiger partial charge in [-0.3, -0.25) is 4.99 Å². The van der Waals surface area contributed by atoms with Crippen LogP contribution < -0.4 is 10.6 Å². The number of halogens is 1. The Morgan fingerprint density at radius 3 is 2.55 bits per heavy atom. The largest absolute Gasteiger partial charge is 0.357 e. The first kappa shape index (κ1) is 21.8.